The summed E-state index contributed by atoms with van der Waals surface area (Å²) in [6.45, 7) is 14.3. The number of rotatable bonds is 5. The summed E-state index contributed by atoms with van der Waals surface area (Å²) in [5.41, 5.74) is 5.11. The predicted octanol–water partition coefficient (Wildman–Crippen LogP) is 4.69. The van der Waals surface area contributed by atoms with Gasteiger partial charge in [-0.3, -0.25) is 4.79 Å². The SMILES string of the molecule is C=Cc1c(C)c(O)cc2c1CC[C@H](C(=C)C)[C@@]2(C)CCC(=O)OC. The highest BCUT2D eigenvalue weighted by Gasteiger charge is 2.42. The molecule has 1 aromatic carbocycles. The fourth-order valence-electron chi connectivity index (χ4n) is 4.25. The molecule has 0 heterocycles. The van der Waals surface area contributed by atoms with Crippen LogP contribution in [-0.2, 0) is 21.4 Å². The van der Waals surface area contributed by atoms with Crippen molar-refractivity contribution in [3.8, 4) is 5.75 Å². The van der Waals surface area contributed by atoms with Crippen molar-refractivity contribution in [3.05, 3.63) is 47.1 Å². The van der Waals surface area contributed by atoms with Gasteiger partial charge < -0.3 is 9.84 Å². The molecule has 1 aliphatic rings. The molecule has 1 N–H and O–H groups in total. The van der Waals surface area contributed by atoms with Gasteiger partial charge in [0.05, 0.1) is 7.11 Å². The first-order chi connectivity index (χ1) is 11.3. The van der Waals surface area contributed by atoms with Gasteiger partial charge in [0, 0.05) is 6.42 Å². The molecular weight excluding hydrogens is 300 g/mol. The number of phenolic OH excluding ortho intramolecular Hbond substituents is 1. The number of ether oxygens (including phenoxy) is 1. The maximum atomic E-state index is 11.7. The van der Waals surface area contributed by atoms with Crippen LogP contribution in [0, 0.1) is 12.8 Å². The molecule has 0 saturated carbocycles. The zero-order valence-corrected chi connectivity index (χ0v) is 15.2. The van der Waals surface area contributed by atoms with E-state index in [1.165, 1.54) is 12.7 Å². The lowest BCUT2D eigenvalue weighted by atomic mass is 9.59. The Morgan fingerprint density at radius 1 is 1.54 bits per heavy atom. The maximum Gasteiger partial charge on any atom is 0.305 e. The monoisotopic (exact) mass is 328 g/mol. The molecule has 0 radical (unpaired) electrons. The molecule has 2 rings (SSSR count). The number of hydrogen-bond donors (Lipinski definition) is 1. The van der Waals surface area contributed by atoms with E-state index in [-0.39, 0.29) is 23.1 Å². The molecule has 130 valence electrons. The molecule has 0 unspecified atom stereocenters. The maximum absolute atomic E-state index is 11.7. The smallest absolute Gasteiger partial charge is 0.305 e. The van der Waals surface area contributed by atoms with Gasteiger partial charge in [-0.05, 0) is 72.8 Å². The van der Waals surface area contributed by atoms with E-state index in [1.54, 1.807) is 0 Å². The van der Waals surface area contributed by atoms with E-state index >= 15 is 0 Å². The third-order valence-electron chi connectivity index (χ3n) is 5.66. The number of hydrogen-bond acceptors (Lipinski definition) is 3. The summed E-state index contributed by atoms with van der Waals surface area (Å²) >= 11 is 0. The van der Waals surface area contributed by atoms with Crippen molar-refractivity contribution in [3.63, 3.8) is 0 Å². The van der Waals surface area contributed by atoms with E-state index in [9.17, 15) is 9.90 Å². The summed E-state index contributed by atoms with van der Waals surface area (Å²) in [6, 6.07) is 1.88. The van der Waals surface area contributed by atoms with E-state index in [4.69, 9.17) is 4.74 Å². The van der Waals surface area contributed by atoms with Crippen LogP contribution < -0.4 is 0 Å². The Bertz CT molecular complexity index is 687. The van der Waals surface area contributed by atoms with Crippen molar-refractivity contribution in [2.24, 2.45) is 5.92 Å². The highest BCUT2D eigenvalue weighted by Crippen LogP contribution is 2.50. The van der Waals surface area contributed by atoms with Crippen LogP contribution in [0.25, 0.3) is 6.08 Å². The van der Waals surface area contributed by atoms with Crippen LogP contribution in [0.2, 0.25) is 0 Å². The fraction of sp³-hybridized carbons (Fsp3) is 0.476. The van der Waals surface area contributed by atoms with Gasteiger partial charge in [0.25, 0.3) is 0 Å². The Morgan fingerprint density at radius 2 is 2.21 bits per heavy atom. The molecule has 3 nitrogen and oxygen atoms in total. The number of fused-ring (bicyclic) bond motifs is 1. The summed E-state index contributed by atoms with van der Waals surface area (Å²) in [5, 5.41) is 10.4. The number of aromatic hydroxyl groups is 1. The normalized spacial score (nSPS) is 22.6. The summed E-state index contributed by atoms with van der Waals surface area (Å²) in [5.74, 6) is 0.355. The number of carbonyl (C=O) groups is 1. The molecule has 0 aliphatic heterocycles. The minimum atomic E-state index is -0.253. The van der Waals surface area contributed by atoms with Gasteiger partial charge in [-0.25, -0.2) is 0 Å². The lowest BCUT2D eigenvalue weighted by Crippen LogP contribution is -2.38. The van der Waals surface area contributed by atoms with Crippen LogP contribution >= 0.6 is 0 Å². The lowest BCUT2D eigenvalue weighted by Gasteiger charge is -2.44. The van der Waals surface area contributed by atoms with Crippen molar-refractivity contribution in [2.75, 3.05) is 7.11 Å². The van der Waals surface area contributed by atoms with Crippen LogP contribution in [-0.4, -0.2) is 18.2 Å². The summed E-state index contributed by atoms with van der Waals surface area (Å²) in [6.07, 6.45) is 4.78. The standard InChI is InChI=1S/C21H28O3/c1-7-15-14(4)19(22)12-18-16(15)8-9-17(13(2)3)21(18,5)11-10-20(23)24-6/h7,12,17,22H,1-2,8-11H2,3-6H3/t17-,21-/m1/s1. The van der Waals surface area contributed by atoms with Crippen molar-refractivity contribution in [2.45, 2.75) is 51.9 Å². The Morgan fingerprint density at radius 3 is 2.75 bits per heavy atom. The molecule has 0 saturated heterocycles. The first kappa shape index (κ1) is 18.3. The minimum Gasteiger partial charge on any atom is -0.508 e. The van der Waals surface area contributed by atoms with Crippen molar-refractivity contribution in [1.29, 1.82) is 0 Å². The van der Waals surface area contributed by atoms with E-state index in [1.807, 2.05) is 19.1 Å². The van der Waals surface area contributed by atoms with Crippen LogP contribution in [0.15, 0.2) is 24.8 Å². The average molecular weight is 328 g/mol. The van der Waals surface area contributed by atoms with E-state index < -0.39 is 0 Å². The largest absolute Gasteiger partial charge is 0.508 e. The lowest BCUT2D eigenvalue weighted by molar-refractivity contribution is -0.141. The van der Waals surface area contributed by atoms with Gasteiger partial charge in [-0.2, -0.15) is 0 Å². The molecule has 0 aromatic heterocycles. The third kappa shape index (κ3) is 3.00. The number of esters is 1. The van der Waals surface area contributed by atoms with E-state index in [0.717, 1.165) is 35.1 Å². The highest BCUT2D eigenvalue weighted by molar-refractivity contribution is 5.70. The average Bonchev–Trinajstić information content (AvgIpc) is 2.54. The Balaban J connectivity index is 2.61. The van der Waals surface area contributed by atoms with Gasteiger partial charge in [0.15, 0.2) is 0 Å². The second-order valence-electron chi connectivity index (χ2n) is 7.10. The molecule has 0 amide bonds. The molecule has 0 bridgehead atoms. The molecule has 3 heteroatoms. The summed E-state index contributed by atoms with van der Waals surface area (Å²) in [7, 11) is 1.42. The number of methoxy groups -OCH3 is 1. The van der Waals surface area contributed by atoms with Crippen molar-refractivity contribution >= 4 is 12.0 Å². The number of allylic oxidation sites excluding steroid dienone is 1. The number of benzene rings is 1. The van der Waals surface area contributed by atoms with Crippen LogP contribution in [0.3, 0.4) is 0 Å². The Labute approximate surface area is 145 Å². The molecule has 24 heavy (non-hydrogen) atoms. The first-order valence-corrected chi connectivity index (χ1v) is 8.46. The predicted molar refractivity (Wildman–Crippen MR) is 98.2 cm³/mol. The third-order valence-corrected chi connectivity index (χ3v) is 5.66. The second kappa shape index (κ2) is 6.84. The Hall–Kier alpha value is -2.03. The summed E-state index contributed by atoms with van der Waals surface area (Å²) < 4.78 is 4.83. The van der Waals surface area contributed by atoms with Crippen LogP contribution in [0.5, 0.6) is 5.75 Å². The molecule has 0 spiro atoms. The first-order valence-electron chi connectivity index (χ1n) is 8.46. The molecule has 1 aliphatic carbocycles. The van der Waals surface area contributed by atoms with Gasteiger partial charge in [-0.15, -0.1) is 0 Å². The highest BCUT2D eigenvalue weighted by atomic mass is 16.5. The van der Waals surface area contributed by atoms with Gasteiger partial charge in [0.2, 0.25) is 0 Å². The minimum absolute atomic E-state index is 0.205. The number of carbonyl (C=O) groups excluding carboxylic acids is 1. The topological polar surface area (TPSA) is 46.5 Å². The van der Waals surface area contributed by atoms with Crippen LogP contribution in [0.1, 0.15) is 55.4 Å². The fourth-order valence-corrected chi connectivity index (χ4v) is 4.25. The van der Waals surface area contributed by atoms with Crippen molar-refractivity contribution in [1.82, 2.24) is 0 Å². The summed E-state index contributed by atoms with van der Waals surface area (Å²) in [4.78, 5) is 11.7. The quantitative estimate of drug-likeness (QED) is 0.630. The molecular formula is C21H28O3. The molecule has 1 aromatic rings. The van der Waals surface area contributed by atoms with Crippen LogP contribution in [0.4, 0.5) is 0 Å². The van der Waals surface area contributed by atoms with Crippen molar-refractivity contribution < 1.29 is 14.6 Å². The zero-order chi connectivity index (χ0) is 18.1. The van der Waals surface area contributed by atoms with Gasteiger partial charge in [-0.1, -0.05) is 31.7 Å². The Kier molecular flexibility index (Phi) is 5.22. The second-order valence-corrected chi connectivity index (χ2v) is 7.10. The molecule has 0 fully saturated rings. The van der Waals surface area contributed by atoms with E-state index in [2.05, 4.69) is 27.0 Å². The zero-order valence-electron chi connectivity index (χ0n) is 15.2. The van der Waals surface area contributed by atoms with Gasteiger partial charge >= 0.3 is 5.97 Å². The van der Waals surface area contributed by atoms with Gasteiger partial charge in [0.1, 0.15) is 5.75 Å². The molecule has 2 atom stereocenters. The van der Waals surface area contributed by atoms with E-state index in [0.29, 0.717) is 12.8 Å². The number of phenols is 1.